The van der Waals surface area contributed by atoms with Crippen LogP contribution < -0.4 is 11.3 Å². The summed E-state index contributed by atoms with van der Waals surface area (Å²) in [6.45, 7) is 2.29. The van der Waals surface area contributed by atoms with Gasteiger partial charge in [-0.25, -0.2) is 0 Å². The van der Waals surface area contributed by atoms with Gasteiger partial charge in [-0.05, 0) is 52.7 Å². The Morgan fingerprint density at radius 3 is 2.89 bits per heavy atom. The number of aromatic nitrogens is 1. The normalized spacial score (nSPS) is 25.3. The van der Waals surface area contributed by atoms with E-state index in [9.17, 15) is 0 Å². The number of nitrogens with one attached hydrogen (secondary N) is 1. The van der Waals surface area contributed by atoms with Gasteiger partial charge in [0.05, 0.1) is 0 Å². The van der Waals surface area contributed by atoms with Gasteiger partial charge >= 0.3 is 0 Å². The van der Waals surface area contributed by atoms with Crippen LogP contribution in [0.2, 0.25) is 0 Å². The fourth-order valence-electron chi connectivity index (χ4n) is 2.96. The minimum atomic E-state index is 0.357. The minimum absolute atomic E-state index is 0.357. The number of pyridine rings is 1. The number of nitrogens with two attached hydrogens (primary N) is 1. The quantitative estimate of drug-likeness (QED) is 0.649. The highest BCUT2D eigenvalue weighted by Crippen LogP contribution is 2.35. The summed E-state index contributed by atoms with van der Waals surface area (Å²) in [5.74, 6) is 7.32. The molecule has 4 heteroatoms. The molecule has 3 N–H and O–H groups in total. The maximum atomic E-state index is 5.73. The molecular formula is C14H22BrN3. The molecule has 1 heterocycles. The van der Waals surface area contributed by atoms with E-state index in [2.05, 4.69) is 39.3 Å². The van der Waals surface area contributed by atoms with Gasteiger partial charge in [-0.2, -0.15) is 0 Å². The third kappa shape index (κ3) is 3.53. The van der Waals surface area contributed by atoms with Gasteiger partial charge in [-0.3, -0.25) is 16.3 Å². The summed E-state index contributed by atoms with van der Waals surface area (Å²) in [5.41, 5.74) is 4.11. The fraction of sp³-hybridized carbons (Fsp3) is 0.643. The smallest absolute Gasteiger partial charge is 0.0420 e. The third-order valence-corrected chi connectivity index (χ3v) is 4.63. The molecule has 0 radical (unpaired) electrons. The fourth-order valence-corrected chi connectivity index (χ4v) is 3.20. The summed E-state index contributed by atoms with van der Waals surface area (Å²) < 4.78 is 1.02. The molecule has 3 atom stereocenters. The van der Waals surface area contributed by atoms with Gasteiger partial charge < -0.3 is 0 Å². The molecule has 0 aromatic carbocycles. The number of halogens is 1. The monoisotopic (exact) mass is 311 g/mol. The molecule has 18 heavy (non-hydrogen) atoms. The molecule has 1 fully saturated rings. The Morgan fingerprint density at radius 1 is 1.50 bits per heavy atom. The predicted octanol–water partition coefficient (Wildman–Crippen LogP) is 3.04. The largest absolute Gasteiger partial charge is 0.271 e. The van der Waals surface area contributed by atoms with Crippen LogP contribution in [0.3, 0.4) is 0 Å². The first-order chi connectivity index (χ1) is 8.72. The van der Waals surface area contributed by atoms with E-state index in [4.69, 9.17) is 5.84 Å². The van der Waals surface area contributed by atoms with Crippen molar-refractivity contribution in [3.8, 4) is 0 Å². The van der Waals surface area contributed by atoms with E-state index in [1.165, 1.54) is 25.7 Å². The molecule has 1 saturated carbocycles. The Morgan fingerprint density at radius 2 is 2.33 bits per heavy atom. The molecule has 0 saturated heterocycles. The van der Waals surface area contributed by atoms with E-state index in [1.807, 2.05) is 12.3 Å². The highest BCUT2D eigenvalue weighted by Gasteiger charge is 2.29. The Balaban J connectivity index is 1.95. The average Bonchev–Trinajstić information content (AvgIpc) is 2.87. The lowest BCUT2D eigenvalue weighted by atomic mass is 9.93. The molecule has 0 amide bonds. The topological polar surface area (TPSA) is 50.9 Å². The number of hydrogen-bond acceptors (Lipinski definition) is 3. The molecule has 0 aliphatic heterocycles. The lowest BCUT2D eigenvalue weighted by Gasteiger charge is -2.22. The Hall–Kier alpha value is -0.450. The molecule has 3 nitrogen and oxygen atoms in total. The van der Waals surface area contributed by atoms with Gasteiger partial charge in [0.25, 0.3) is 0 Å². The zero-order chi connectivity index (χ0) is 13.0. The summed E-state index contributed by atoms with van der Waals surface area (Å²) in [4.78, 5) is 4.43. The van der Waals surface area contributed by atoms with Gasteiger partial charge in [-0.1, -0.05) is 19.8 Å². The van der Waals surface area contributed by atoms with Gasteiger partial charge in [0.1, 0.15) is 0 Å². The van der Waals surface area contributed by atoms with Crippen LogP contribution in [-0.4, -0.2) is 11.0 Å². The van der Waals surface area contributed by atoms with Gasteiger partial charge in [0, 0.05) is 28.8 Å². The van der Waals surface area contributed by atoms with Gasteiger partial charge in [0.2, 0.25) is 0 Å². The van der Waals surface area contributed by atoms with E-state index in [0.717, 1.165) is 22.5 Å². The molecule has 0 spiro atoms. The van der Waals surface area contributed by atoms with Crippen LogP contribution in [0.25, 0.3) is 0 Å². The van der Waals surface area contributed by atoms with Gasteiger partial charge in [0.15, 0.2) is 0 Å². The number of nitrogens with zero attached hydrogens (tertiary/aromatic N) is 1. The minimum Gasteiger partial charge on any atom is -0.271 e. The van der Waals surface area contributed by atoms with Gasteiger partial charge in [-0.15, -0.1) is 0 Å². The maximum absolute atomic E-state index is 5.73. The van der Waals surface area contributed by atoms with Crippen LogP contribution in [0.5, 0.6) is 0 Å². The molecule has 2 rings (SSSR count). The molecule has 3 unspecified atom stereocenters. The molecular weight excluding hydrogens is 290 g/mol. The van der Waals surface area contributed by atoms with Crippen molar-refractivity contribution in [2.75, 3.05) is 0 Å². The summed E-state index contributed by atoms with van der Waals surface area (Å²) >= 11 is 3.41. The Kier molecular flexibility index (Phi) is 5.15. The van der Waals surface area contributed by atoms with Crippen LogP contribution in [0.1, 0.15) is 38.3 Å². The van der Waals surface area contributed by atoms with Crippen LogP contribution in [0, 0.1) is 11.8 Å². The standard InChI is InChI=1S/C14H22BrN3/c1-2-10-3-4-11(7-10)14(18-16)8-13-6-5-12(15)9-17-13/h5-6,9-11,14,18H,2-4,7-8,16H2,1H3. The second kappa shape index (κ2) is 6.64. The second-order valence-electron chi connectivity index (χ2n) is 5.29. The van der Waals surface area contributed by atoms with Crippen molar-refractivity contribution >= 4 is 15.9 Å². The lowest BCUT2D eigenvalue weighted by molar-refractivity contribution is 0.346. The highest BCUT2D eigenvalue weighted by molar-refractivity contribution is 9.10. The molecule has 1 aromatic rings. The highest BCUT2D eigenvalue weighted by atomic mass is 79.9. The van der Waals surface area contributed by atoms with Crippen molar-refractivity contribution < 1.29 is 0 Å². The van der Waals surface area contributed by atoms with Crippen molar-refractivity contribution in [2.24, 2.45) is 17.7 Å². The summed E-state index contributed by atoms with van der Waals surface area (Å²) in [6, 6.07) is 4.47. The first kappa shape index (κ1) is 14.0. The summed E-state index contributed by atoms with van der Waals surface area (Å²) in [7, 11) is 0. The molecule has 1 aliphatic carbocycles. The van der Waals surface area contributed by atoms with Crippen LogP contribution in [0.4, 0.5) is 0 Å². The van der Waals surface area contributed by atoms with E-state index in [0.29, 0.717) is 12.0 Å². The molecule has 1 aliphatic rings. The Labute approximate surface area is 118 Å². The zero-order valence-corrected chi connectivity index (χ0v) is 12.5. The summed E-state index contributed by atoms with van der Waals surface area (Å²) in [6.07, 6.45) is 8.03. The molecule has 0 bridgehead atoms. The van der Waals surface area contributed by atoms with E-state index < -0.39 is 0 Å². The van der Waals surface area contributed by atoms with E-state index in [1.54, 1.807) is 0 Å². The predicted molar refractivity (Wildman–Crippen MR) is 77.9 cm³/mol. The van der Waals surface area contributed by atoms with E-state index in [-0.39, 0.29) is 0 Å². The lowest BCUT2D eigenvalue weighted by Crippen LogP contribution is -2.42. The van der Waals surface area contributed by atoms with Crippen LogP contribution in [-0.2, 0) is 6.42 Å². The Bertz CT molecular complexity index is 366. The number of hydrogen-bond donors (Lipinski definition) is 2. The second-order valence-corrected chi connectivity index (χ2v) is 6.21. The third-order valence-electron chi connectivity index (χ3n) is 4.16. The first-order valence-corrected chi connectivity index (χ1v) is 7.58. The molecule has 100 valence electrons. The number of rotatable bonds is 5. The zero-order valence-electron chi connectivity index (χ0n) is 10.9. The van der Waals surface area contributed by atoms with Crippen molar-refractivity contribution in [1.82, 2.24) is 10.4 Å². The van der Waals surface area contributed by atoms with E-state index >= 15 is 0 Å². The maximum Gasteiger partial charge on any atom is 0.0420 e. The average molecular weight is 312 g/mol. The summed E-state index contributed by atoms with van der Waals surface area (Å²) in [5, 5.41) is 0. The van der Waals surface area contributed by atoms with Crippen LogP contribution >= 0.6 is 15.9 Å². The van der Waals surface area contributed by atoms with Crippen molar-refractivity contribution in [3.63, 3.8) is 0 Å². The van der Waals surface area contributed by atoms with Crippen LogP contribution in [0.15, 0.2) is 22.8 Å². The first-order valence-electron chi connectivity index (χ1n) is 6.79. The van der Waals surface area contributed by atoms with Crippen molar-refractivity contribution in [3.05, 3.63) is 28.5 Å². The SMILES string of the molecule is CCC1CCC(C(Cc2ccc(Br)cn2)NN)C1. The number of hydrazine groups is 1. The van der Waals surface area contributed by atoms with Crippen molar-refractivity contribution in [1.29, 1.82) is 0 Å². The molecule has 1 aromatic heterocycles. The van der Waals surface area contributed by atoms with Crippen molar-refractivity contribution in [2.45, 2.75) is 45.1 Å².